The van der Waals surface area contributed by atoms with Crippen molar-refractivity contribution in [1.29, 1.82) is 0 Å². The third-order valence-corrected chi connectivity index (χ3v) is 2.37. The van der Waals surface area contributed by atoms with Gasteiger partial charge in [-0.25, -0.2) is 4.79 Å². The van der Waals surface area contributed by atoms with Crippen molar-refractivity contribution in [2.75, 3.05) is 12.8 Å². The Hall–Kier alpha value is -0.970. The molecule has 0 saturated carbocycles. The van der Waals surface area contributed by atoms with Crippen LogP contribution in [0.25, 0.3) is 0 Å². The fraction of sp³-hybridized carbons (Fsp3) is 0.333. The van der Waals surface area contributed by atoms with E-state index in [2.05, 4.69) is 0 Å². The zero-order chi connectivity index (χ0) is 8.43. The number of rotatable bonds is 1. The minimum atomic E-state index is -1.02. The molecule has 60 valence electrons. The molecule has 1 fully saturated rings. The van der Waals surface area contributed by atoms with Gasteiger partial charge in [0.25, 0.3) is 0 Å². The van der Waals surface area contributed by atoms with Gasteiger partial charge in [-0.05, 0) is 0 Å². The van der Waals surface area contributed by atoms with Crippen LogP contribution in [0.1, 0.15) is 0 Å². The maximum atomic E-state index is 10.8. The average Bonchev–Trinajstić information content (AvgIpc) is 2.18. The molecule has 0 aromatic heterocycles. The van der Waals surface area contributed by atoms with E-state index in [4.69, 9.17) is 5.11 Å². The lowest BCUT2D eigenvalue weighted by Gasteiger charge is -2.06. The quantitative estimate of drug-likeness (QED) is 0.572. The summed E-state index contributed by atoms with van der Waals surface area (Å²) in [4.78, 5) is 22.4. The van der Waals surface area contributed by atoms with Crippen LogP contribution in [0.15, 0.2) is 11.1 Å². The van der Waals surface area contributed by atoms with Crippen LogP contribution in [0.3, 0.4) is 0 Å². The maximum Gasteiger partial charge on any atom is 0.330 e. The van der Waals surface area contributed by atoms with Crippen molar-refractivity contribution in [3.63, 3.8) is 0 Å². The van der Waals surface area contributed by atoms with Crippen LogP contribution in [-0.4, -0.2) is 34.7 Å². The van der Waals surface area contributed by atoms with E-state index in [-0.39, 0.29) is 5.91 Å². The first-order chi connectivity index (χ1) is 5.11. The smallest absolute Gasteiger partial charge is 0.330 e. The molecule has 1 rings (SSSR count). The van der Waals surface area contributed by atoms with Gasteiger partial charge in [-0.15, -0.1) is 0 Å². The van der Waals surface area contributed by atoms with Gasteiger partial charge in [0.05, 0.1) is 16.9 Å². The fourth-order valence-corrected chi connectivity index (χ4v) is 1.64. The van der Waals surface area contributed by atoms with E-state index in [1.165, 1.54) is 16.7 Å². The molecule has 0 aromatic carbocycles. The summed E-state index contributed by atoms with van der Waals surface area (Å²) in [6, 6.07) is 0. The van der Waals surface area contributed by atoms with Crippen LogP contribution < -0.4 is 0 Å². The molecule has 0 radical (unpaired) electrons. The first-order valence-electron chi connectivity index (χ1n) is 2.95. The Morgan fingerprint density at radius 2 is 2.45 bits per heavy atom. The van der Waals surface area contributed by atoms with E-state index in [1.54, 1.807) is 7.05 Å². The van der Waals surface area contributed by atoms with E-state index in [0.717, 1.165) is 6.08 Å². The molecule has 4 nitrogen and oxygen atoms in total. The molecule has 11 heavy (non-hydrogen) atoms. The predicted octanol–water partition coefficient (Wildman–Crippen LogP) is 0.118. The summed E-state index contributed by atoms with van der Waals surface area (Å²) in [7, 11) is 1.57. The summed E-state index contributed by atoms with van der Waals surface area (Å²) < 4.78 is 0. The molecule has 0 unspecified atom stereocenters. The fourth-order valence-electron chi connectivity index (χ4n) is 0.696. The standard InChI is InChI=1S/C6H7NO3S/c1-7-4(8)3-11-5(7)2-6(9)10/h2H,3H2,1H3,(H,9,10). The van der Waals surface area contributed by atoms with Gasteiger partial charge in [0.1, 0.15) is 0 Å². The molecule has 1 aliphatic heterocycles. The second-order valence-corrected chi connectivity index (χ2v) is 3.06. The summed E-state index contributed by atoms with van der Waals surface area (Å²) in [6.07, 6.45) is 1.04. The number of hydrogen-bond acceptors (Lipinski definition) is 3. The van der Waals surface area contributed by atoms with Gasteiger partial charge in [-0.3, -0.25) is 4.79 Å². The second kappa shape index (κ2) is 2.96. The molecule has 0 aliphatic carbocycles. The highest BCUT2D eigenvalue weighted by Crippen LogP contribution is 2.26. The summed E-state index contributed by atoms with van der Waals surface area (Å²) in [6.45, 7) is 0. The monoisotopic (exact) mass is 173 g/mol. The number of amides is 1. The molecule has 0 bridgehead atoms. The van der Waals surface area contributed by atoms with E-state index in [1.807, 2.05) is 0 Å². The second-order valence-electron chi connectivity index (χ2n) is 2.06. The van der Waals surface area contributed by atoms with Crippen molar-refractivity contribution >= 4 is 23.6 Å². The predicted molar refractivity (Wildman–Crippen MR) is 40.9 cm³/mol. The molecule has 5 heteroatoms. The molecular weight excluding hydrogens is 166 g/mol. The van der Waals surface area contributed by atoms with Gasteiger partial charge < -0.3 is 10.0 Å². The molecule has 0 aromatic rings. The molecule has 0 atom stereocenters. The Balaban J connectivity index is 2.76. The Morgan fingerprint density at radius 3 is 2.82 bits per heavy atom. The Bertz CT molecular complexity index is 236. The topological polar surface area (TPSA) is 57.6 Å². The number of thioether (sulfide) groups is 1. The van der Waals surface area contributed by atoms with Crippen molar-refractivity contribution < 1.29 is 14.7 Å². The lowest BCUT2D eigenvalue weighted by Crippen LogP contribution is -2.19. The van der Waals surface area contributed by atoms with Crippen molar-refractivity contribution in [3.05, 3.63) is 11.1 Å². The third-order valence-electron chi connectivity index (χ3n) is 1.30. The van der Waals surface area contributed by atoms with Crippen LogP contribution in [0.4, 0.5) is 0 Å². The molecule has 0 spiro atoms. The van der Waals surface area contributed by atoms with E-state index in [9.17, 15) is 9.59 Å². The number of carboxylic acids is 1. The van der Waals surface area contributed by atoms with Gasteiger partial charge >= 0.3 is 5.97 Å². The summed E-state index contributed by atoms with van der Waals surface area (Å²) in [5, 5.41) is 8.85. The van der Waals surface area contributed by atoms with Crippen LogP contribution in [0.5, 0.6) is 0 Å². The molecular formula is C6H7NO3S. The number of aliphatic carboxylic acids is 1. The Labute approximate surface area is 67.9 Å². The van der Waals surface area contributed by atoms with Gasteiger partial charge in [-0.1, -0.05) is 11.8 Å². The normalized spacial score (nSPS) is 21.4. The SMILES string of the molecule is CN1C(=O)CSC1=CC(=O)O. The molecule has 1 aliphatic rings. The number of nitrogens with zero attached hydrogens (tertiary/aromatic N) is 1. The van der Waals surface area contributed by atoms with Gasteiger partial charge in [0.15, 0.2) is 0 Å². The zero-order valence-corrected chi connectivity index (χ0v) is 6.72. The molecule has 1 saturated heterocycles. The van der Waals surface area contributed by atoms with Crippen LogP contribution in [-0.2, 0) is 9.59 Å². The number of carbonyl (C=O) groups excluding carboxylic acids is 1. The van der Waals surface area contributed by atoms with Crippen LogP contribution in [0, 0.1) is 0 Å². The van der Waals surface area contributed by atoms with Crippen LogP contribution >= 0.6 is 11.8 Å². The number of carboxylic acid groups (broad SMARTS) is 1. The number of carbonyl (C=O) groups is 2. The lowest BCUT2D eigenvalue weighted by atomic mass is 10.5. The minimum Gasteiger partial charge on any atom is -0.478 e. The van der Waals surface area contributed by atoms with Gasteiger partial charge in [0, 0.05) is 7.05 Å². The average molecular weight is 173 g/mol. The van der Waals surface area contributed by atoms with Crippen LogP contribution in [0.2, 0.25) is 0 Å². The van der Waals surface area contributed by atoms with E-state index >= 15 is 0 Å². The van der Waals surface area contributed by atoms with Crippen molar-refractivity contribution in [2.45, 2.75) is 0 Å². The zero-order valence-electron chi connectivity index (χ0n) is 5.90. The first kappa shape index (κ1) is 8.13. The highest BCUT2D eigenvalue weighted by atomic mass is 32.2. The van der Waals surface area contributed by atoms with E-state index in [0.29, 0.717) is 10.8 Å². The van der Waals surface area contributed by atoms with E-state index < -0.39 is 5.97 Å². The summed E-state index contributed by atoms with van der Waals surface area (Å²) in [5.41, 5.74) is 0. The van der Waals surface area contributed by atoms with Gasteiger partial charge in [0.2, 0.25) is 5.91 Å². The number of hydrogen-bond donors (Lipinski definition) is 1. The van der Waals surface area contributed by atoms with Crippen molar-refractivity contribution in [2.24, 2.45) is 0 Å². The highest BCUT2D eigenvalue weighted by Gasteiger charge is 2.22. The largest absolute Gasteiger partial charge is 0.478 e. The lowest BCUT2D eigenvalue weighted by molar-refractivity contribution is -0.131. The van der Waals surface area contributed by atoms with Crippen molar-refractivity contribution in [1.82, 2.24) is 4.90 Å². The summed E-state index contributed by atoms with van der Waals surface area (Å²) >= 11 is 1.24. The minimum absolute atomic E-state index is 0.0532. The molecule has 1 N–H and O–H groups in total. The first-order valence-corrected chi connectivity index (χ1v) is 3.94. The Morgan fingerprint density at radius 1 is 1.82 bits per heavy atom. The summed E-state index contributed by atoms with van der Waals surface area (Å²) in [5.74, 6) is -0.730. The highest BCUT2D eigenvalue weighted by molar-refractivity contribution is 8.04. The Kier molecular flexibility index (Phi) is 2.19. The third kappa shape index (κ3) is 1.74. The molecule has 1 amide bonds. The molecule has 1 heterocycles. The van der Waals surface area contributed by atoms with Gasteiger partial charge in [-0.2, -0.15) is 0 Å². The van der Waals surface area contributed by atoms with Crippen molar-refractivity contribution in [3.8, 4) is 0 Å². The maximum absolute atomic E-state index is 10.8.